The normalized spacial score (nSPS) is 19.4. The second-order valence-corrected chi connectivity index (χ2v) is 4.40. The molecule has 1 fully saturated rings. The zero-order valence-corrected chi connectivity index (χ0v) is 9.67. The first-order chi connectivity index (χ1) is 8.66. The van der Waals surface area contributed by atoms with E-state index in [4.69, 9.17) is 15.6 Å². The molecule has 1 saturated heterocycles. The Hall–Kier alpha value is -2.08. The lowest BCUT2D eigenvalue weighted by Crippen LogP contribution is -2.04. The van der Waals surface area contributed by atoms with E-state index in [9.17, 15) is 4.79 Å². The molecule has 6 nitrogen and oxygen atoms in total. The molecule has 2 aromatic heterocycles. The number of imidazole rings is 1. The fourth-order valence-corrected chi connectivity index (χ4v) is 2.31. The Bertz CT molecular complexity index is 614. The van der Waals surface area contributed by atoms with Crippen LogP contribution in [0.5, 0.6) is 0 Å². The molecule has 3 heterocycles. The summed E-state index contributed by atoms with van der Waals surface area (Å²) in [6.07, 6.45) is 2.56. The summed E-state index contributed by atoms with van der Waals surface area (Å²) in [6.45, 7) is 1.26. The van der Waals surface area contributed by atoms with Crippen LogP contribution in [-0.2, 0) is 4.74 Å². The van der Waals surface area contributed by atoms with Gasteiger partial charge in [-0.2, -0.15) is 0 Å². The SMILES string of the molecule is Nc1ccc2c(C(=O)O)nc(C3CCOC3)n2c1. The molecule has 6 heteroatoms. The molecule has 2 aromatic rings. The number of pyridine rings is 1. The largest absolute Gasteiger partial charge is 0.476 e. The maximum Gasteiger partial charge on any atom is 0.356 e. The Morgan fingerprint density at radius 2 is 2.39 bits per heavy atom. The van der Waals surface area contributed by atoms with Crippen LogP contribution in [0.25, 0.3) is 5.52 Å². The van der Waals surface area contributed by atoms with E-state index in [1.165, 1.54) is 0 Å². The molecule has 0 radical (unpaired) electrons. The number of aromatic nitrogens is 2. The van der Waals surface area contributed by atoms with Crippen molar-refractivity contribution in [3.63, 3.8) is 0 Å². The number of nitrogens with zero attached hydrogens (tertiary/aromatic N) is 2. The number of ether oxygens (including phenoxy) is 1. The van der Waals surface area contributed by atoms with Gasteiger partial charge >= 0.3 is 5.97 Å². The van der Waals surface area contributed by atoms with Gasteiger partial charge < -0.3 is 20.0 Å². The van der Waals surface area contributed by atoms with Crippen LogP contribution in [-0.4, -0.2) is 33.7 Å². The second kappa shape index (κ2) is 3.99. The monoisotopic (exact) mass is 247 g/mol. The van der Waals surface area contributed by atoms with Gasteiger partial charge in [-0.25, -0.2) is 9.78 Å². The van der Waals surface area contributed by atoms with Crippen molar-refractivity contribution >= 4 is 17.2 Å². The molecule has 1 aliphatic rings. The van der Waals surface area contributed by atoms with Gasteiger partial charge in [0.15, 0.2) is 5.69 Å². The topological polar surface area (TPSA) is 89.9 Å². The molecule has 18 heavy (non-hydrogen) atoms. The highest BCUT2D eigenvalue weighted by molar-refractivity contribution is 5.93. The number of carboxylic acids is 1. The van der Waals surface area contributed by atoms with Crippen molar-refractivity contribution in [3.05, 3.63) is 29.8 Å². The molecule has 0 aromatic carbocycles. The van der Waals surface area contributed by atoms with E-state index < -0.39 is 5.97 Å². The van der Waals surface area contributed by atoms with Crippen LogP contribution in [0.4, 0.5) is 5.69 Å². The highest BCUT2D eigenvalue weighted by Crippen LogP contribution is 2.27. The summed E-state index contributed by atoms with van der Waals surface area (Å²) in [5.41, 5.74) is 6.96. The summed E-state index contributed by atoms with van der Waals surface area (Å²) in [7, 11) is 0. The van der Waals surface area contributed by atoms with Crippen LogP contribution in [0.3, 0.4) is 0 Å². The fourth-order valence-electron chi connectivity index (χ4n) is 2.31. The van der Waals surface area contributed by atoms with Crippen LogP contribution in [0.2, 0.25) is 0 Å². The zero-order chi connectivity index (χ0) is 12.7. The fraction of sp³-hybridized carbons (Fsp3) is 0.333. The van der Waals surface area contributed by atoms with Gasteiger partial charge in [-0.05, 0) is 18.6 Å². The minimum Gasteiger partial charge on any atom is -0.476 e. The number of carboxylic acid groups (broad SMARTS) is 1. The number of hydrogen-bond acceptors (Lipinski definition) is 4. The molecule has 0 amide bonds. The van der Waals surface area contributed by atoms with Gasteiger partial charge in [-0.1, -0.05) is 0 Å². The van der Waals surface area contributed by atoms with Gasteiger partial charge in [0.25, 0.3) is 0 Å². The summed E-state index contributed by atoms with van der Waals surface area (Å²) in [5.74, 6) is -0.179. The molecule has 1 aliphatic heterocycles. The van der Waals surface area contributed by atoms with Crippen molar-refractivity contribution in [2.75, 3.05) is 18.9 Å². The predicted octanol–water partition coefficient (Wildman–Crippen LogP) is 1.12. The average molecular weight is 247 g/mol. The Morgan fingerprint density at radius 1 is 1.56 bits per heavy atom. The molecule has 0 spiro atoms. The summed E-state index contributed by atoms with van der Waals surface area (Å²) in [6, 6.07) is 3.36. The number of rotatable bonds is 2. The van der Waals surface area contributed by atoms with Crippen LogP contribution >= 0.6 is 0 Å². The molecular formula is C12H13N3O3. The first-order valence-corrected chi connectivity index (χ1v) is 5.75. The molecule has 1 unspecified atom stereocenters. The van der Waals surface area contributed by atoms with E-state index in [1.54, 1.807) is 22.7 Å². The number of hydrogen-bond donors (Lipinski definition) is 2. The van der Waals surface area contributed by atoms with Crippen LogP contribution < -0.4 is 5.73 Å². The number of nitrogen functional groups attached to an aromatic ring is 1. The zero-order valence-electron chi connectivity index (χ0n) is 9.67. The molecule has 0 bridgehead atoms. The lowest BCUT2D eigenvalue weighted by Gasteiger charge is -2.06. The second-order valence-electron chi connectivity index (χ2n) is 4.40. The van der Waals surface area contributed by atoms with Crippen molar-refractivity contribution in [3.8, 4) is 0 Å². The maximum absolute atomic E-state index is 11.2. The minimum absolute atomic E-state index is 0.0666. The summed E-state index contributed by atoms with van der Waals surface area (Å²) >= 11 is 0. The van der Waals surface area contributed by atoms with E-state index in [2.05, 4.69) is 4.98 Å². The molecule has 1 atom stereocenters. The van der Waals surface area contributed by atoms with Crippen LogP contribution in [0, 0.1) is 0 Å². The first kappa shape index (κ1) is 11.0. The molecule has 0 saturated carbocycles. The third-order valence-electron chi connectivity index (χ3n) is 3.18. The summed E-state index contributed by atoms with van der Waals surface area (Å²) < 4.78 is 7.09. The third-order valence-corrected chi connectivity index (χ3v) is 3.18. The Balaban J connectivity index is 2.23. The van der Waals surface area contributed by atoms with Gasteiger partial charge in [0.1, 0.15) is 5.82 Å². The van der Waals surface area contributed by atoms with Crippen LogP contribution in [0.15, 0.2) is 18.3 Å². The number of fused-ring (bicyclic) bond motifs is 1. The van der Waals surface area contributed by atoms with E-state index in [1.807, 2.05) is 0 Å². The van der Waals surface area contributed by atoms with E-state index in [-0.39, 0.29) is 11.6 Å². The van der Waals surface area contributed by atoms with Crippen molar-refractivity contribution in [2.45, 2.75) is 12.3 Å². The maximum atomic E-state index is 11.2. The Labute approximate surface area is 103 Å². The predicted molar refractivity (Wildman–Crippen MR) is 64.7 cm³/mol. The summed E-state index contributed by atoms with van der Waals surface area (Å²) in [5, 5.41) is 9.17. The Kier molecular flexibility index (Phi) is 2.45. The van der Waals surface area contributed by atoms with Crippen molar-refractivity contribution in [1.82, 2.24) is 9.38 Å². The first-order valence-electron chi connectivity index (χ1n) is 5.75. The van der Waals surface area contributed by atoms with Crippen LogP contribution in [0.1, 0.15) is 28.7 Å². The van der Waals surface area contributed by atoms with Gasteiger partial charge in [0, 0.05) is 24.4 Å². The van der Waals surface area contributed by atoms with E-state index in [0.717, 1.165) is 6.42 Å². The quantitative estimate of drug-likeness (QED) is 0.829. The minimum atomic E-state index is -1.03. The van der Waals surface area contributed by atoms with Crippen molar-refractivity contribution in [1.29, 1.82) is 0 Å². The number of aromatic carboxylic acids is 1. The van der Waals surface area contributed by atoms with E-state index >= 15 is 0 Å². The lowest BCUT2D eigenvalue weighted by molar-refractivity contribution is 0.0693. The Morgan fingerprint density at radius 3 is 3.06 bits per heavy atom. The molecular weight excluding hydrogens is 234 g/mol. The lowest BCUT2D eigenvalue weighted by atomic mass is 10.1. The number of carbonyl (C=O) groups is 1. The number of anilines is 1. The van der Waals surface area contributed by atoms with E-state index in [0.29, 0.717) is 30.2 Å². The molecule has 0 aliphatic carbocycles. The van der Waals surface area contributed by atoms with Crippen molar-refractivity contribution in [2.24, 2.45) is 0 Å². The molecule has 3 rings (SSSR count). The molecule has 3 N–H and O–H groups in total. The standard InChI is InChI=1S/C12H13N3O3/c13-8-1-2-9-10(12(16)17)14-11(15(9)5-8)7-3-4-18-6-7/h1-2,5,7H,3-4,6,13H2,(H,16,17). The van der Waals surface area contributed by atoms with Crippen molar-refractivity contribution < 1.29 is 14.6 Å². The highest BCUT2D eigenvalue weighted by atomic mass is 16.5. The number of nitrogens with two attached hydrogens (primary N) is 1. The average Bonchev–Trinajstić information content (AvgIpc) is 2.93. The van der Waals surface area contributed by atoms with Gasteiger partial charge in [0.05, 0.1) is 12.1 Å². The highest BCUT2D eigenvalue weighted by Gasteiger charge is 2.25. The van der Waals surface area contributed by atoms with Gasteiger partial charge in [-0.15, -0.1) is 0 Å². The van der Waals surface area contributed by atoms with Gasteiger partial charge in [-0.3, -0.25) is 0 Å². The molecule has 94 valence electrons. The summed E-state index contributed by atoms with van der Waals surface area (Å²) in [4.78, 5) is 15.4. The third kappa shape index (κ3) is 1.62. The smallest absolute Gasteiger partial charge is 0.356 e. The van der Waals surface area contributed by atoms with Gasteiger partial charge in [0.2, 0.25) is 0 Å².